The van der Waals surface area contributed by atoms with E-state index in [0.717, 1.165) is 12.5 Å². The van der Waals surface area contributed by atoms with Crippen LogP contribution in [0.15, 0.2) is 28.1 Å². The van der Waals surface area contributed by atoms with E-state index in [-0.39, 0.29) is 29.6 Å². The van der Waals surface area contributed by atoms with Crippen molar-refractivity contribution in [1.29, 1.82) is 0 Å². The molecule has 0 fully saturated rings. The number of thioether (sulfide) groups is 1. The lowest BCUT2D eigenvalue weighted by atomic mass is 10.1. The first-order chi connectivity index (χ1) is 10.4. The standard InChI is InChI=1S/C17H29N3OS.HI/c1-7-18-16(20-12-17(3,4)21-5)19-11-14-9-8-13(2)10-15(14)22-6;/h8-10H,7,11-12H2,1-6H3,(H2,18,19,20);1H. The molecule has 0 spiro atoms. The van der Waals surface area contributed by atoms with Crippen molar-refractivity contribution in [3.63, 3.8) is 0 Å². The van der Waals surface area contributed by atoms with E-state index in [0.29, 0.717) is 13.1 Å². The largest absolute Gasteiger partial charge is 0.377 e. The number of guanidine groups is 1. The van der Waals surface area contributed by atoms with Gasteiger partial charge in [-0.2, -0.15) is 0 Å². The summed E-state index contributed by atoms with van der Waals surface area (Å²) in [6.45, 7) is 10.5. The fraction of sp³-hybridized carbons (Fsp3) is 0.588. The summed E-state index contributed by atoms with van der Waals surface area (Å²) in [6, 6.07) is 6.51. The van der Waals surface area contributed by atoms with Gasteiger partial charge in [0.1, 0.15) is 0 Å². The number of rotatable bonds is 7. The van der Waals surface area contributed by atoms with Crippen LogP contribution in [0.4, 0.5) is 0 Å². The molecule has 0 aliphatic rings. The van der Waals surface area contributed by atoms with Crippen molar-refractivity contribution < 1.29 is 4.74 Å². The summed E-state index contributed by atoms with van der Waals surface area (Å²) in [5.74, 6) is 0.820. The van der Waals surface area contributed by atoms with E-state index < -0.39 is 0 Å². The third-order valence-corrected chi connectivity index (χ3v) is 4.25. The fourth-order valence-corrected chi connectivity index (χ4v) is 2.56. The van der Waals surface area contributed by atoms with Crippen LogP contribution in [0.1, 0.15) is 31.9 Å². The molecule has 6 heteroatoms. The summed E-state index contributed by atoms with van der Waals surface area (Å²) in [6.07, 6.45) is 2.10. The van der Waals surface area contributed by atoms with Gasteiger partial charge in [-0.3, -0.25) is 0 Å². The summed E-state index contributed by atoms with van der Waals surface area (Å²) in [4.78, 5) is 5.97. The Morgan fingerprint density at radius 3 is 2.57 bits per heavy atom. The first-order valence-electron chi connectivity index (χ1n) is 7.62. The Morgan fingerprint density at radius 1 is 1.30 bits per heavy atom. The van der Waals surface area contributed by atoms with E-state index in [1.165, 1.54) is 16.0 Å². The van der Waals surface area contributed by atoms with Gasteiger partial charge in [-0.25, -0.2) is 4.99 Å². The monoisotopic (exact) mass is 451 g/mol. The Labute approximate surface area is 162 Å². The summed E-state index contributed by atoms with van der Waals surface area (Å²) >= 11 is 1.77. The normalized spacial score (nSPS) is 11.8. The minimum atomic E-state index is -0.218. The number of halogens is 1. The highest BCUT2D eigenvalue weighted by atomic mass is 127. The van der Waals surface area contributed by atoms with E-state index in [1.54, 1.807) is 18.9 Å². The van der Waals surface area contributed by atoms with Gasteiger partial charge in [0.05, 0.1) is 12.1 Å². The van der Waals surface area contributed by atoms with Gasteiger partial charge < -0.3 is 15.4 Å². The van der Waals surface area contributed by atoms with Crippen LogP contribution < -0.4 is 10.6 Å². The molecule has 0 saturated carbocycles. The molecule has 0 aliphatic carbocycles. The molecule has 0 atom stereocenters. The number of hydrogen-bond donors (Lipinski definition) is 2. The molecule has 23 heavy (non-hydrogen) atoms. The number of methoxy groups -OCH3 is 1. The van der Waals surface area contributed by atoms with Crippen LogP contribution in [0.2, 0.25) is 0 Å². The second-order valence-electron chi connectivity index (χ2n) is 5.83. The number of aliphatic imine (C=N–C) groups is 1. The predicted molar refractivity (Wildman–Crippen MR) is 112 cm³/mol. The molecule has 1 aromatic rings. The number of aryl methyl sites for hydroxylation is 1. The summed E-state index contributed by atoms with van der Waals surface area (Å²) < 4.78 is 5.43. The topological polar surface area (TPSA) is 45.7 Å². The molecule has 0 heterocycles. The van der Waals surface area contributed by atoms with Crippen LogP contribution in [0.5, 0.6) is 0 Å². The number of benzene rings is 1. The highest BCUT2D eigenvalue weighted by Gasteiger charge is 2.16. The quantitative estimate of drug-likeness (QED) is 0.287. The maximum atomic E-state index is 5.43. The molecular formula is C17H30IN3OS. The predicted octanol–water partition coefficient (Wildman–Crippen LogP) is 3.82. The number of nitrogens with zero attached hydrogens (tertiary/aromatic N) is 1. The molecule has 0 amide bonds. The average Bonchev–Trinajstić information content (AvgIpc) is 2.50. The van der Waals surface area contributed by atoms with E-state index in [1.807, 2.05) is 0 Å². The SMILES string of the molecule is CCNC(=NCc1ccc(C)cc1SC)NCC(C)(C)OC.I. The zero-order valence-corrected chi connectivity index (χ0v) is 18.2. The third-order valence-electron chi connectivity index (χ3n) is 3.43. The summed E-state index contributed by atoms with van der Waals surface area (Å²) in [5, 5.41) is 6.61. The molecule has 4 nitrogen and oxygen atoms in total. The van der Waals surface area contributed by atoms with Gasteiger partial charge in [-0.15, -0.1) is 35.7 Å². The van der Waals surface area contributed by atoms with E-state index in [9.17, 15) is 0 Å². The van der Waals surface area contributed by atoms with Crippen LogP contribution in [0.25, 0.3) is 0 Å². The van der Waals surface area contributed by atoms with Crippen molar-refractivity contribution in [1.82, 2.24) is 10.6 Å². The third kappa shape index (κ3) is 8.26. The lowest BCUT2D eigenvalue weighted by molar-refractivity contribution is 0.0268. The van der Waals surface area contributed by atoms with E-state index >= 15 is 0 Å². The van der Waals surface area contributed by atoms with Crippen molar-refractivity contribution in [3.8, 4) is 0 Å². The van der Waals surface area contributed by atoms with Crippen LogP contribution in [0.3, 0.4) is 0 Å². The first-order valence-corrected chi connectivity index (χ1v) is 8.85. The Bertz CT molecular complexity index is 507. The zero-order valence-electron chi connectivity index (χ0n) is 15.0. The maximum Gasteiger partial charge on any atom is 0.191 e. The van der Waals surface area contributed by atoms with Gasteiger partial charge in [0, 0.05) is 25.1 Å². The van der Waals surface area contributed by atoms with Crippen LogP contribution >= 0.6 is 35.7 Å². The second kappa shape index (κ2) is 11.1. The van der Waals surface area contributed by atoms with Gasteiger partial charge in [0.25, 0.3) is 0 Å². The first kappa shape index (κ1) is 22.5. The lowest BCUT2D eigenvalue weighted by Gasteiger charge is -2.24. The minimum Gasteiger partial charge on any atom is -0.377 e. The highest BCUT2D eigenvalue weighted by Crippen LogP contribution is 2.22. The molecule has 0 radical (unpaired) electrons. The van der Waals surface area contributed by atoms with Crippen molar-refractivity contribution in [3.05, 3.63) is 29.3 Å². The van der Waals surface area contributed by atoms with Crippen LogP contribution in [0, 0.1) is 6.92 Å². The van der Waals surface area contributed by atoms with E-state index in [2.05, 4.69) is 67.8 Å². The van der Waals surface area contributed by atoms with Crippen LogP contribution in [-0.2, 0) is 11.3 Å². The van der Waals surface area contributed by atoms with Crippen molar-refractivity contribution in [2.24, 2.45) is 4.99 Å². The molecule has 0 aliphatic heterocycles. The molecule has 0 unspecified atom stereocenters. The second-order valence-corrected chi connectivity index (χ2v) is 6.68. The Morgan fingerprint density at radius 2 is 2.00 bits per heavy atom. The Hall–Kier alpha value is -0.470. The summed E-state index contributed by atoms with van der Waals surface area (Å²) in [5.41, 5.74) is 2.31. The maximum absolute atomic E-state index is 5.43. The number of nitrogens with one attached hydrogen (secondary N) is 2. The van der Waals surface area contributed by atoms with Gasteiger partial charge >= 0.3 is 0 Å². The molecule has 2 N–H and O–H groups in total. The summed E-state index contributed by atoms with van der Waals surface area (Å²) in [7, 11) is 1.72. The van der Waals surface area contributed by atoms with Crippen molar-refractivity contribution in [2.75, 3.05) is 26.5 Å². The molecule has 1 rings (SSSR count). The fourth-order valence-electron chi connectivity index (χ4n) is 1.86. The smallest absolute Gasteiger partial charge is 0.191 e. The average molecular weight is 451 g/mol. The molecule has 0 bridgehead atoms. The molecule has 132 valence electrons. The highest BCUT2D eigenvalue weighted by molar-refractivity contribution is 14.0. The van der Waals surface area contributed by atoms with Gasteiger partial charge in [-0.05, 0) is 51.1 Å². The van der Waals surface area contributed by atoms with Crippen molar-refractivity contribution in [2.45, 2.75) is 44.7 Å². The Kier molecular flexibility index (Phi) is 10.9. The number of ether oxygens (including phenoxy) is 1. The minimum absolute atomic E-state index is 0. The molecule has 0 aromatic heterocycles. The van der Waals surface area contributed by atoms with E-state index in [4.69, 9.17) is 4.74 Å². The molecular weight excluding hydrogens is 421 g/mol. The molecule has 1 aromatic carbocycles. The zero-order chi connectivity index (χ0) is 16.6. The van der Waals surface area contributed by atoms with Crippen LogP contribution in [-0.4, -0.2) is 38.0 Å². The van der Waals surface area contributed by atoms with Crippen molar-refractivity contribution >= 4 is 41.7 Å². The van der Waals surface area contributed by atoms with Gasteiger partial charge in [0.2, 0.25) is 0 Å². The van der Waals surface area contributed by atoms with Gasteiger partial charge in [0.15, 0.2) is 5.96 Å². The van der Waals surface area contributed by atoms with Gasteiger partial charge in [-0.1, -0.05) is 12.1 Å². The molecule has 0 saturated heterocycles. The number of hydrogen-bond acceptors (Lipinski definition) is 3. The lowest BCUT2D eigenvalue weighted by Crippen LogP contribution is -2.45. The Balaban J connectivity index is 0.00000484.